The molecule has 2 aromatic heterocycles. The van der Waals surface area contributed by atoms with Crippen LogP contribution >= 0.6 is 0 Å². The lowest BCUT2D eigenvalue weighted by Crippen LogP contribution is -2.07. The van der Waals surface area contributed by atoms with Crippen molar-refractivity contribution in [2.24, 2.45) is 0 Å². The van der Waals surface area contributed by atoms with Crippen molar-refractivity contribution < 1.29 is 9.90 Å². The van der Waals surface area contributed by atoms with E-state index in [9.17, 15) is 4.79 Å². The largest absolute Gasteiger partial charge is 0.478 e. The van der Waals surface area contributed by atoms with E-state index in [0.29, 0.717) is 17.4 Å². The molecule has 0 atom stereocenters. The van der Waals surface area contributed by atoms with Gasteiger partial charge in [-0.05, 0) is 25.0 Å². The molecule has 0 aliphatic heterocycles. The normalized spacial score (nSPS) is 16.8. The van der Waals surface area contributed by atoms with Gasteiger partial charge in [0, 0.05) is 12.1 Å². The number of nitrogen functional groups attached to an aromatic ring is 1. The van der Waals surface area contributed by atoms with E-state index < -0.39 is 5.97 Å². The standard InChI is InChI=1S/C14H17N3O2/c15-13-12(9-4-2-1-3-5-9)16-11-8-10(14(18)19)6-7-17(11)13/h6-9H,1-5,15H2,(H,18,19). The van der Waals surface area contributed by atoms with Crippen molar-refractivity contribution in [2.45, 2.75) is 38.0 Å². The number of rotatable bonds is 2. The predicted molar refractivity (Wildman–Crippen MR) is 72.4 cm³/mol. The summed E-state index contributed by atoms with van der Waals surface area (Å²) < 4.78 is 1.77. The van der Waals surface area contributed by atoms with Crippen molar-refractivity contribution in [3.05, 3.63) is 29.6 Å². The van der Waals surface area contributed by atoms with E-state index in [4.69, 9.17) is 10.8 Å². The Balaban J connectivity index is 2.06. The van der Waals surface area contributed by atoms with Gasteiger partial charge in [-0.15, -0.1) is 0 Å². The van der Waals surface area contributed by atoms with Crippen LogP contribution in [0.25, 0.3) is 5.65 Å². The fourth-order valence-electron chi connectivity index (χ4n) is 2.89. The second kappa shape index (κ2) is 4.57. The quantitative estimate of drug-likeness (QED) is 0.868. The van der Waals surface area contributed by atoms with Crippen LogP contribution in [0.15, 0.2) is 18.3 Å². The summed E-state index contributed by atoms with van der Waals surface area (Å²) in [6.07, 6.45) is 7.66. The fourth-order valence-corrected chi connectivity index (χ4v) is 2.89. The number of carboxylic acids is 1. The summed E-state index contributed by atoms with van der Waals surface area (Å²) in [5, 5.41) is 9.00. The molecule has 0 radical (unpaired) electrons. The van der Waals surface area contributed by atoms with Gasteiger partial charge in [-0.25, -0.2) is 9.78 Å². The van der Waals surface area contributed by atoms with Gasteiger partial charge in [0.2, 0.25) is 0 Å². The summed E-state index contributed by atoms with van der Waals surface area (Å²) in [5.74, 6) is 0.129. The molecule has 1 aliphatic carbocycles. The Morgan fingerprint density at radius 1 is 1.37 bits per heavy atom. The molecule has 0 amide bonds. The van der Waals surface area contributed by atoms with E-state index in [1.165, 1.54) is 19.3 Å². The molecule has 2 aromatic rings. The number of nitrogens with two attached hydrogens (primary N) is 1. The van der Waals surface area contributed by atoms with Gasteiger partial charge in [0.05, 0.1) is 11.3 Å². The van der Waals surface area contributed by atoms with E-state index in [1.54, 1.807) is 22.7 Å². The minimum absolute atomic E-state index is 0.243. The molecule has 2 heterocycles. The molecular formula is C14H17N3O2. The number of pyridine rings is 1. The van der Waals surface area contributed by atoms with Gasteiger partial charge < -0.3 is 10.8 Å². The van der Waals surface area contributed by atoms with Gasteiger partial charge in [-0.2, -0.15) is 0 Å². The number of aromatic nitrogens is 2. The zero-order valence-electron chi connectivity index (χ0n) is 10.7. The molecule has 100 valence electrons. The van der Waals surface area contributed by atoms with Crippen LogP contribution < -0.4 is 5.73 Å². The highest BCUT2D eigenvalue weighted by Gasteiger charge is 2.22. The number of aromatic carboxylic acids is 1. The summed E-state index contributed by atoms with van der Waals surface area (Å²) in [4.78, 5) is 15.5. The van der Waals surface area contributed by atoms with Gasteiger partial charge in [-0.3, -0.25) is 4.40 Å². The Morgan fingerprint density at radius 3 is 2.79 bits per heavy atom. The van der Waals surface area contributed by atoms with Gasteiger partial charge >= 0.3 is 5.97 Å². The first-order valence-electron chi connectivity index (χ1n) is 6.67. The number of hydrogen-bond acceptors (Lipinski definition) is 3. The Bertz CT molecular complexity index is 627. The molecule has 0 aromatic carbocycles. The zero-order valence-corrected chi connectivity index (χ0v) is 10.7. The van der Waals surface area contributed by atoms with Crippen LogP contribution in [-0.2, 0) is 0 Å². The van der Waals surface area contributed by atoms with Crippen molar-refractivity contribution in [3.8, 4) is 0 Å². The first-order chi connectivity index (χ1) is 9.16. The minimum atomic E-state index is -0.941. The number of carboxylic acid groups (broad SMARTS) is 1. The van der Waals surface area contributed by atoms with Gasteiger partial charge in [0.25, 0.3) is 0 Å². The van der Waals surface area contributed by atoms with E-state index in [0.717, 1.165) is 18.5 Å². The highest BCUT2D eigenvalue weighted by atomic mass is 16.4. The molecular weight excluding hydrogens is 242 g/mol. The Labute approximate surface area is 111 Å². The number of fused-ring (bicyclic) bond motifs is 1. The second-order valence-corrected chi connectivity index (χ2v) is 5.17. The lowest BCUT2D eigenvalue weighted by atomic mass is 9.87. The van der Waals surface area contributed by atoms with E-state index in [1.807, 2.05) is 0 Å². The molecule has 5 nitrogen and oxygen atoms in total. The highest BCUT2D eigenvalue weighted by Crippen LogP contribution is 2.35. The van der Waals surface area contributed by atoms with Gasteiger partial charge in [-0.1, -0.05) is 19.3 Å². The third-order valence-electron chi connectivity index (χ3n) is 3.93. The Morgan fingerprint density at radius 2 is 2.11 bits per heavy atom. The maximum absolute atomic E-state index is 11.0. The number of imidazole rings is 1. The van der Waals surface area contributed by atoms with Crippen LogP contribution in [0, 0.1) is 0 Å². The lowest BCUT2D eigenvalue weighted by Gasteiger charge is -2.20. The van der Waals surface area contributed by atoms with E-state index in [-0.39, 0.29) is 5.56 Å². The molecule has 0 unspecified atom stereocenters. The zero-order chi connectivity index (χ0) is 13.4. The summed E-state index contributed by atoms with van der Waals surface area (Å²) in [6.45, 7) is 0. The SMILES string of the molecule is Nc1c(C2CCCCC2)nc2cc(C(=O)O)ccn12. The maximum atomic E-state index is 11.0. The molecule has 1 fully saturated rings. The third kappa shape index (κ3) is 2.05. The van der Waals surface area contributed by atoms with Crippen LogP contribution in [0.3, 0.4) is 0 Å². The topological polar surface area (TPSA) is 80.6 Å². The van der Waals surface area contributed by atoms with Crippen LogP contribution in [0.5, 0.6) is 0 Å². The molecule has 3 N–H and O–H groups in total. The minimum Gasteiger partial charge on any atom is -0.478 e. The van der Waals surface area contributed by atoms with Crippen molar-refractivity contribution in [1.29, 1.82) is 0 Å². The number of hydrogen-bond donors (Lipinski definition) is 2. The van der Waals surface area contributed by atoms with Crippen LogP contribution in [-0.4, -0.2) is 20.5 Å². The van der Waals surface area contributed by atoms with E-state index >= 15 is 0 Å². The van der Waals surface area contributed by atoms with Crippen molar-refractivity contribution in [1.82, 2.24) is 9.38 Å². The predicted octanol–water partition coefficient (Wildman–Crippen LogP) is 2.66. The van der Waals surface area contributed by atoms with Crippen LogP contribution in [0.2, 0.25) is 0 Å². The smallest absolute Gasteiger partial charge is 0.335 e. The summed E-state index contributed by atoms with van der Waals surface area (Å²) in [5.41, 5.74) is 7.95. The average molecular weight is 259 g/mol. The molecule has 0 spiro atoms. The molecule has 0 bridgehead atoms. The summed E-state index contributed by atoms with van der Waals surface area (Å²) in [6, 6.07) is 3.13. The first kappa shape index (κ1) is 12.0. The van der Waals surface area contributed by atoms with Gasteiger partial charge in [0.15, 0.2) is 0 Å². The average Bonchev–Trinajstić information content (AvgIpc) is 2.76. The van der Waals surface area contributed by atoms with E-state index in [2.05, 4.69) is 4.98 Å². The number of nitrogens with zero attached hydrogens (tertiary/aromatic N) is 2. The Kier molecular flexibility index (Phi) is 2.89. The summed E-state index contributed by atoms with van der Waals surface area (Å²) in [7, 11) is 0. The fraction of sp³-hybridized carbons (Fsp3) is 0.429. The Hall–Kier alpha value is -2.04. The molecule has 1 saturated carbocycles. The summed E-state index contributed by atoms with van der Waals surface area (Å²) >= 11 is 0. The maximum Gasteiger partial charge on any atom is 0.335 e. The third-order valence-corrected chi connectivity index (χ3v) is 3.93. The second-order valence-electron chi connectivity index (χ2n) is 5.17. The molecule has 3 rings (SSSR count). The van der Waals surface area contributed by atoms with Gasteiger partial charge in [0.1, 0.15) is 11.5 Å². The number of anilines is 1. The van der Waals surface area contributed by atoms with Crippen molar-refractivity contribution in [2.75, 3.05) is 5.73 Å². The van der Waals surface area contributed by atoms with Crippen LogP contribution in [0.4, 0.5) is 5.82 Å². The van der Waals surface area contributed by atoms with Crippen molar-refractivity contribution in [3.63, 3.8) is 0 Å². The number of carbonyl (C=O) groups is 1. The molecule has 19 heavy (non-hydrogen) atoms. The first-order valence-corrected chi connectivity index (χ1v) is 6.67. The van der Waals surface area contributed by atoms with Crippen molar-refractivity contribution >= 4 is 17.4 Å². The van der Waals surface area contributed by atoms with Crippen LogP contribution in [0.1, 0.15) is 54.1 Å². The highest BCUT2D eigenvalue weighted by molar-refractivity contribution is 5.88. The monoisotopic (exact) mass is 259 g/mol. The lowest BCUT2D eigenvalue weighted by molar-refractivity contribution is 0.0697. The molecule has 5 heteroatoms. The molecule has 0 saturated heterocycles. The molecule has 1 aliphatic rings.